The lowest BCUT2D eigenvalue weighted by molar-refractivity contribution is 0.474. The first kappa shape index (κ1) is 11.4. The highest BCUT2D eigenvalue weighted by Crippen LogP contribution is 2.35. The minimum absolute atomic E-state index is 0.107. The molecule has 0 aromatic heterocycles. The van der Waals surface area contributed by atoms with Crippen molar-refractivity contribution >= 4 is 9.84 Å². The van der Waals surface area contributed by atoms with Crippen molar-refractivity contribution in [3.05, 3.63) is 23.8 Å². The smallest absolute Gasteiger partial charge is 0.181 e. The quantitative estimate of drug-likeness (QED) is 0.803. The van der Waals surface area contributed by atoms with Crippen molar-refractivity contribution in [2.75, 3.05) is 0 Å². The highest BCUT2D eigenvalue weighted by Gasteiger charge is 2.37. The van der Waals surface area contributed by atoms with Gasteiger partial charge >= 0.3 is 0 Å². The highest BCUT2D eigenvalue weighted by atomic mass is 32.2. The summed E-state index contributed by atoms with van der Waals surface area (Å²) in [5.74, 6) is 0.107. The Morgan fingerprint density at radius 2 is 2.25 bits per heavy atom. The Morgan fingerprint density at radius 1 is 1.56 bits per heavy atom. The molecule has 0 radical (unpaired) electrons. The number of benzene rings is 1. The van der Waals surface area contributed by atoms with Crippen molar-refractivity contribution in [1.29, 1.82) is 0 Å². The van der Waals surface area contributed by atoms with Crippen LogP contribution >= 0.6 is 0 Å². The molecule has 4 nitrogen and oxygen atoms in total. The van der Waals surface area contributed by atoms with Crippen molar-refractivity contribution < 1.29 is 13.5 Å². The van der Waals surface area contributed by atoms with Crippen molar-refractivity contribution in [1.82, 2.24) is 0 Å². The molecule has 0 amide bonds. The Balaban J connectivity index is 2.42. The van der Waals surface area contributed by atoms with E-state index in [2.05, 4.69) is 0 Å². The fourth-order valence-electron chi connectivity index (χ4n) is 2.16. The molecule has 1 heterocycles. The summed E-state index contributed by atoms with van der Waals surface area (Å²) >= 11 is 0. The topological polar surface area (TPSA) is 80.4 Å². The molecule has 0 saturated heterocycles. The van der Waals surface area contributed by atoms with E-state index < -0.39 is 15.1 Å². The second-order valence-corrected chi connectivity index (χ2v) is 6.57. The van der Waals surface area contributed by atoms with Crippen LogP contribution in [0.2, 0.25) is 0 Å². The Kier molecular flexibility index (Phi) is 2.67. The average Bonchev–Trinajstić information content (AvgIpc) is 2.37. The zero-order valence-corrected chi connectivity index (χ0v) is 9.87. The molecule has 5 heteroatoms. The maximum atomic E-state index is 12.1. The predicted octanol–water partition coefficient (Wildman–Crippen LogP) is 0.828. The van der Waals surface area contributed by atoms with E-state index in [1.165, 1.54) is 18.2 Å². The number of fused-ring (bicyclic) bond motifs is 1. The Morgan fingerprint density at radius 3 is 2.88 bits per heavy atom. The summed E-state index contributed by atoms with van der Waals surface area (Å²) in [4.78, 5) is 0.343. The molecule has 0 fully saturated rings. The molecule has 2 rings (SSSR count). The van der Waals surface area contributed by atoms with Gasteiger partial charge in [0.2, 0.25) is 0 Å². The maximum absolute atomic E-state index is 12.1. The molecule has 88 valence electrons. The molecular formula is C11H15NO3S. The first-order chi connectivity index (χ1) is 7.41. The summed E-state index contributed by atoms with van der Waals surface area (Å²) in [5.41, 5.74) is 6.34. The number of sulfone groups is 1. The molecule has 1 aliphatic heterocycles. The monoisotopic (exact) mass is 241 g/mol. The molecule has 2 unspecified atom stereocenters. The minimum Gasteiger partial charge on any atom is -0.508 e. The summed E-state index contributed by atoms with van der Waals surface area (Å²) in [6, 6.07) is 4.27. The van der Waals surface area contributed by atoms with Crippen molar-refractivity contribution in [3.63, 3.8) is 0 Å². The molecule has 1 aromatic rings. The molecular weight excluding hydrogens is 226 g/mol. The van der Waals surface area contributed by atoms with Crippen molar-refractivity contribution in [2.45, 2.75) is 36.0 Å². The van der Waals surface area contributed by atoms with E-state index in [0.717, 1.165) is 0 Å². The van der Waals surface area contributed by atoms with Gasteiger partial charge in [0.1, 0.15) is 5.75 Å². The number of hydrogen-bond donors (Lipinski definition) is 2. The maximum Gasteiger partial charge on any atom is 0.181 e. The van der Waals surface area contributed by atoms with E-state index in [-0.39, 0.29) is 11.8 Å². The largest absolute Gasteiger partial charge is 0.508 e. The van der Waals surface area contributed by atoms with Crippen LogP contribution in [0.3, 0.4) is 0 Å². The van der Waals surface area contributed by atoms with Crippen LogP contribution in [0.1, 0.15) is 18.9 Å². The summed E-state index contributed by atoms with van der Waals surface area (Å²) in [6.45, 7) is 1.80. The zero-order chi connectivity index (χ0) is 11.9. The molecule has 16 heavy (non-hydrogen) atoms. The fraction of sp³-hybridized carbons (Fsp3) is 0.455. The molecule has 2 atom stereocenters. The van der Waals surface area contributed by atoms with Gasteiger partial charge in [-0.15, -0.1) is 0 Å². The number of hydrogen-bond acceptors (Lipinski definition) is 4. The Labute approximate surface area is 95.0 Å². The fourth-order valence-corrected chi connectivity index (χ4v) is 4.24. The van der Waals surface area contributed by atoms with Crippen LogP contribution in [-0.2, 0) is 16.3 Å². The second kappa shape index (κ2) is 3.75. The van der Waals surface area contributed by atoms with Gasteiger partial charge in [0.25, 0.3) is 0 Å². The number of nitrogens with two attached hydrogens (primary N) is 1. The van der Waals surface area contributed by atoms with E-state index in [1.54, 1.807) is 6.92 Å². The molecule has 0 spiro atoms. The van der Waals surface area contributed by atoms with Crippen LogP contribution in [-0.4, -0.2) is 24.8 Å². The molecule has 1 aliphatic rings. The van der Waals surface area contributed by atoms with Gasteiger partial charge in [0.15, 0.2) is 9.84 Å². The van der Waals surface area contributed by atoms with Crippen LogP contribution in [0, 0.1) is 0 Å². The molecule has 3 N–H and O–H groups in total. The van der Waals surface area contributed by atoms with Crippen molar-refractivity contribution in [2.24, 2.45) is 5.73 Å². The molecule has 1 aromatic carbocycles. The van der Waals surface area contributed by atoms with Gasteiger partial charge in [-0.1, -0.05) is 0 Å². The van der Waals surface area contributed by atoms with Crippen LogP contribution in [0.15, 0.2) is 23.1 Å². The average molecular weight is 241 g/mol. The summed E-state index contributed by atoms with van der Waals surface area (Å²) in [7, 11) is -3.25. The lowest BCUT2D eigenvalue weighted by Crippen LogP contribution is -2.27. The van der Waals surface area contributed by atoms with Crippen LogP contribution < -0.4 is 5.73 Å². The third-order valence-corrected chi connectivity index (χ3v) is 5.12. The second-order valence-electron chi connectivity index (χ2n) is 4.38. The van der Waals surface area contributed by atoms with Gasteiger partial charge < -0.3 is 10.8 Å². The van der Waals surface area contributed by atoms with Crippen LogP contribution in [0.4, 0.5) is 0 Å². The first-order valence-electron chi connectivity index (χ1n) is 5.22. The Hall–Kier alpha value is -1.07. The Bertz CT molecular complexity index is 508. The minimum atomic E-state index is -3.25. The highest BCUT2D eigenvalue weighted by molar-refractivity contribution is 7.92. The first-order valence-corrected chi connectivity index (χ1v) is 6.77. The number of aromatic hydroxyl groups is 1. The summed E-state index contributed by atoms with van der Waals surface area (Å²) in [5, 5.41) is 8.87. The van der Waals surface area contributed by atoms with Gasteiger partial charge in [-0.2, -0.15) is 0 Å². The van der Waals surface area contributed by atoms with Gasteiger partial charge in [-0.05, 0) is 43.5 Å². The predicted molar refractivity (Wildman–Crippen MR) is 61.1 cm³/mol. The molecule has 0 bridgehead atoms. The standard InChI is InChI=1S/C11H15NO3S/c1-7(12)4-10-6-8-5-9(13)2-3-11(8)16(10,14)15/h2-3,5,7,10,13H,4,6,12H2,1H3. The zero-order valence-electron chi connectivity index (χ0n) is 9.05. The number of phenolic OH excluding ortho intramolecular Hbond substituents is 1. The summed E-state index contributed by atoms with van der Waals surface area (Å²) < 4.78 is 24.2. The van der Waals surface area contributed by atoms with Crippen LogP contribution in [0.25, 0.3) is 0 Å². The lowest BCUT2D eigenvalue weighted by atomic mass is 10.1. The van der Waals surface area contributed by atoms with Gasteiger partial charge in [-0.25, -0.2) is 8.42 Å². The third kappa shape index (κ3) is 1.81. The molecule has 0 aliphatic carbocycles. The van der Waals surface area contributed by atoms with E-state index in [1.807, 2.05) is 0 Å². The lowest BCUT2D eigenvalue weighted by Gasteiger charge is -2.11. The third-order valence-electron chi connectivity index (χ3n) is 2.87. The van der Waals surface area contributed by atoms with Gasteiger partial charge in [0, 0.05) is 6.04 Å². The van der Waals surface area contributed by atoms with Gasteiger partial charge in [-0.3, -0.25) is 0 Å². The summed E-state index contributed by atoms with van der Waals surface area (Å²) in [6.07, 6.45) is 0.908. The normalized spacial score (nSPS) is 24.0. The number of rotatable bonds is 2. The van der Waals surface area contributed by atoms with Crippen LogP contribution in [0.5, 0.6) is 5.75 Å². The van der Waals surface area contributed by atoms with Crippen molar-refractivity contribution in [3.8, 4) is 5.75 Å². The number of phenols is 1. The van der Waals surface area contributed by atoms with E-state index in [0.29, 0.717) is 23.3 Å². The molecule has 0 saturated carbocycles. The van der Waals surface area contributed by atoms with E-state index in [9.17, 15) is 13.5 Å². The van der Waals surface area contributed by atoms with E-state index in [4.69, 9.17) is 5.73 Å². The van der Waals surface area contributed by atoms with E-state index >= 15 is 0 Å². The van der Waals surface area contributed by atoms with Gasteiger partial charge in [0.05, 0.1) is 10.1 Å². The SMILES string of the molecule is CC(N)CC1Cc2cc(O)ccc2S1(=O)=O.